The van der Waals surface area contributed by atoms with Crippen LogP contribution in [-0.4, -0.2) is 62.6 Å². The maximum atomic E-state index is 12.3. The second kappa shape index (κ2) is 7.76. The number of carbonyl (C=O) groups is 1. The molecule has 0 unspecified atom stereocenters. The summed E-state index contributed by atoms with van der Waals surface area (Å²) in [5.41, 5.74) is -0.103. The van der Waals surface area contributed by atoms with Gasteiger partial charge in [-0.15, -0.1) is 0 Å². The van der Waals surface area contributed by atoms with Crippen molar-refractivity contribution in [2.75, 3.05) is 19.7 Å². The van der Waals surface area contributed by atoms with Crippen LogP contribution in [0.1, 0.15) is 58.1 Å². The molecule has 4 rings (SSSR count). The first-order chi connectivity index (χ1) is 13.4. The minimum atomic E-state index is -0.931. The van der Waals surface area contributed by atoms with Crippen molar-refractivity contribution in [1.82, 2.24) is 20.0 Å². The topological polar surface area (TPSA) is 79.6 Å². The lowest BCUT2D eigenvalue weighted by Crippen LogP contribution is -2.64. The van der Waals surface area contributed by atoms with E-state index in [0.717, 1.165) is 64.0 Å². The highest BCUT2D eigenvalue weighted by Gasteiger charge is 2.49. The number of likely N-dealkylation sites (tertiary alicyclic amines) is 1. The largest absolute Gasteiger partial charge is 0.388 e. The first kappa shape index (κ1) is 19.9. The number of aryl methyl sites for hydroxylation is 1. The SMILES string of the molecule is CCn1ccc(CN2CCC3(CC2)C[C@](C)(O)[C@@H](NC(=O)C2CCC2)CO3)n1. The van der Waals surface area contributed by atoms with Crippen LogP contribution in [0.2, 0.25) is 0 Å². The molecule has 0 aromatic carbocycles. The predicted octanol–water partition coefficient (Wildman–Crippen LogP) is 1.69. The first-order valence-corrected chi connectivity index (χ1v) is 10.8. The van der Waals surface area contributed by atoms with E-state index in [-0.39, 0.29) is 23.5 Å². The van der Waals surface area contributed by atoms with Crippen molar-refractivity contribution in [2.45, 2.75) is 82.7 Å². The Kier molecular flexibility index (Phi) is 5.51. The van der Waals surface area contributed by atoms with Crippen molar-refractivity contribution in [3.05, 3.63) is 18.0 Å². The van der Waals surface area contributed by atoms with Gasteiger partial charge in [0, 0.05) is 44.7 Å². The van der Waals surface area contributed by atoms with Gasteiger partial charge in [-0.3, -0.25) is 14.4 Å². The summed E-state index contributed by atoms with van der Waals surface area (Å²) in [4.78, 5) is 14.7. The van der Waals surface area contributed by atoms with Crippen molar-refractivity contribution in [3.63, 3.8) is 0 Å². The van der Waals surface area contributed by atoms with E-state index in [4.69, 9.17) is 4.74 Å². The van der Waals surface area contributed by atoms with Gasteiger partial charge in [0.15, 0.2) is 0 Å². The quantitative estimate of drug-likeness (QED) is 0.800. The Morgan fingerprint density at radius 2 is 2.14 bits per heavy atom. The Bertz CT molecular complexity index is 690. The molecule has 2 aliphatic heterocycles. The highest BCUT2D eigenvalue weighted by atomic mass is 16.5. The van der Waals surface area contributed by atoms with Gasteiger partial charge >= 0.3 is 0 Å². The summed E-state index contributed by atoms with van der Waals surface area (Å²) in [5, 5.41) is 18.7. The maximum Gasteiger partial charge on any atom is 0.223 e. The molecule has 156 valence electrons. The zero-order valence-corrected chi connectivity index (χ0v) is 17.2. The lowest BCUT2D eigenvalue weighted by molar-refractivity contribution is -0.190. The molecule has 1 aromatic heterocycles. The number of rotatable bonds is 5. The number of hydrogen-bond donors (Lipinski definition) is 2. The molecule has 1 aromatic rings. The van der Waals surface area contributed by atoms with E-state index in [2.05, 4.69) is 28.3 Å². The van der Waals surface area contributed by atoms with Gasteiger partial charge in [-0.1, -0.05) is 6.42 Å². The van der Waals surface area contributed by atoms with E-state index in [0.29, 0.717) is 13.0 Å². The van der Waals surface area contributed by atoms with Gasteiger partial charge < -0.3 is 15.2 Å². The number of aliphatic hydroxyl groups is 1. The van der Waals surface area contributed by atoms with Crippen LogP contribution in [0.15, 0.2) is 12.3 Å². The van der Waals surface area contributed by atoms with Gasteiger partial charge in [-0.2, -0.15) is 5.10 Å². The number of aromatic nitrogens is 2. The van der Waals surface area contributed by atoms with Crippen LogP contribution >= 0.6 is 0 Å². The van der Waals surface area contributed by atoms with Gasteiger partial charge in [0.2, 0.25) is 5.91 Å². The summed E-state index contributed by atoms with van der Waals surface area (Å²) >= 11 is 0. The fourth-order valence-corrected chi connectivity index (χ4v) is 4.76. The Hall–Kier alpha value is -1.44. The van der Waals surface area contributed by atoms with Crippen LogP contribution in [0.4, 0.5) is 0 Å². The molecule has 0 bridgehead atoms. The molecule has 3 fully saturated rings. The number of piperidine rings is 1. The van der Waals surface area contributed by atoms with E-state index >= 15 is 0 Å². The summed E-state index contributed by atoms with van der Waals surface area (Å²) in [5.74, 6) is 0.212. The number of ether oxygens (including phenoxy) is 1. The third-order valence-corrected chi connectivity index (χ3v) is 6.95. The van der Waals surface area contributed by atoms with Crippen LogP contribution in [0.3, 0.4) is 0 Å². The van der Waals surface area contributed by atoms with Gasteiger partial charge in [-0.05, 0) is 45.6 Å². The van der Waals surface area contributed by atoms with Crippen LogP contribution in [0.25, 0.3) is 0 Å². The van der Waals surface area contributed by atoms with E-state index in [1.165, 1.54) is 0 Å². The molecule has 2 atom stereocenters. The molecular formula is C21H34N4O3. The zero-order chi connectivity index (χ0) is 19.8. The monoisotopic (exact) mass is 390 g/mol. The first-order valence-electron chi connectivity index (χ1n) is 10.8. The predicted molar refractivity (Wildman–Crippen MR) is 106 cm³/mol. The third kappa shape index (κ3) is 4.11. The zero-order valence-electron chi connectivity index (χ0n) is 17.2. The fourth-order valence-electron chi connectivity index (χ4n) is 4.76. The number of nitrogens with one attached hydrogen (secondary N) is 1. The summed E-state index contributed by atoms with van der Waals surface area (Å²) in [6.07, 6.45) is 7.49. The Morgan fingerprint density at radius 1 is 1.39 bits per heavy atom. The molecule has 1 saturated carbocycles. The molecule has 7 heteroatoms. The molecule has 1 spiro atoms. The normalized spacial score (nSPS) is 30.9. The van der Waals surface area contributed by atoms with E-state index < -0.39 is 5.60 Å². The van der Waals surface area contributed by atoms with Crippen LogP contribution < -0.4 is 5.32 Å². The fraction of sp³-hybridized carbons (Fsp3) is 0.810. The lowest BCUT2D eigenvalue weighted by atomic mass is 9.75. The molecule has 3 aliphatic rings. The van der Waals surface area contributed by atoms with Crippen LogP contribution in [0, 0.1) is 5.92 Å². The summed E-state index contributed by atoms with van der Waals surface area (Å²) in [6, 6.07) is 1.77. The average molecular weight is 391 g/mol. The van der Waals surface area contributed by atoms with E-state index in [9.17, 15) is 9.90 Å². The molecule has 1 aliphatic carbocycles. The molecule has 2 saturated heterocycles. The summed E-state index contributed by atoms with van der Waals surface area (Å²) < 4.78 is 8.24. The maximum absolute atomic E-state index is 12.3. The summed E-state index contributed by atoms with van der Waals surface area (Å²) in [6.45, 7) is 7.97. The van der Waals surface area contributed by atoms with Crippen molar-refractivity contribution >= 4 is 5.91 Å². The molecule has 3 heterocycles. The number of nitrogens with zero attached hydrogens (tertiary/aromatic N) is 3. The highest BCUT2D eigenvalue weighted by Crippen LogP contribution is 2.40. The van der Waals surface area contributed by atoms with Gasteiger partial charge in [-0.25, -0.2) is 0 Å². The second-order valence-electron chi connectivity index (χ2n) is 9.16. The smallest absolute Gasteiger partial charge is 0.223 e. The third-order valence-electron chi connectivity index (χ3n) is 6.95. The Balaban J connectivity index is 1.30. The molecule has 2 N–H and O–H groups in total. The molecular weight excluding hydrogens is 356 g/mol. The minimum absolute atomic E-state index is 0.0809. The highest BCUT2D eigenvalue weighted by molar-refractivity contribution is 5.79. The molecule has 1 amide bonds. The molecule has 0 radical (unpaired) electrons. The number of carbonyl (C=O) groups excluding carboxylic acids is 1. The van der Waals surface area contributed by atoms with Crippen molar-refractivity contribution in [1.29, 1.82) is 0 Å². The van der Waals surface area contributed by atoms with Crippen LogP contribution in [0.5, 0.6) is 0 Å². The lowest BCUT2D eigenvalue weighted by Gasteiger charge is -2.51. The van der Waals surface area contributed by atoms with Gasteiger partial charge in [0.25, 0.3) is 0 Å². The van der Waals surface area contributed by atoms with Gasteiger partial charge in [0.05, 0.1) is 29.5 Å². The van der Waals surface area contributed by atoms with Crippen LogP contribution in [-0.2, 0) is 22.6 Å². The Morgan fingerprint density at radius 3 is 2.71 bits per heavy atom. The number of amides is 1. The standard InChI is InChI=1S/C21H34N4O3/c1-3-25-10-7-17(23-25)13-24-11-8-21(9-12-24)15-20(2,27)18(14-28-21)22-19(26)16-5-4-6-16/h7,10,16,18,27H,3-6,8-9,11-15H2,1-2H3,(H,22,26)/t18-,20-/m0/s1. The van der Waals surface area contributed by atoms with E-state index in [1.807, 2.05) is 17.8 Å². The minimum Gasteiger partial charge on any atom is -0.388 e. The van der Waals surface area contributed by atoms with Crippen molar-refractivity contribution < 1.29 is 14.6 Å². The van der Waals surface area contributed by atoms with Crippen molar-refractivity contribution in [3.8, 4) is 0 Å². The van der Waals surface area contributed by atoms with E-state index in [1.54, 1.807) is 0 Å². The summed E-state index contributed by atoms with van der Waals surface area (Å²) in [7, 11) is 0. The molecule has 7 nitrogen and oxygen atoms in total. The van der Waals surface area contributed by atoms with Crippen molar-refractivity contribution in [2.24, 2.45) is 5.92 Å². The average Bonchev–Trinajstić information content (AvgIpc) is 3.05. The molecule has 28 heavy (non-hydrogen) atoms. The number of hydrogen-bond acceptors (Lipinski definition) is 5. The second-order valence-corrected chi connectivity index (χ2v) is 9.16. The Labute approximate surface area is 167 Å². The van der Waals surface area contributed by atoms with Gasteiger partial charge in [0.1, 0.15) is 0 Å².